The molecular formula is C33H20F10O. The molecule has 0 aliphatic rings. The van der Waals surface area contributed by atoms with Crippen LogP contribution in [0.4, 0.5) is 43.9 Å². The number of alkyl halides is 5. The normalized spacial score (nSPS) is 11.9. The highest BCUT2D eigenvalue weighted by Gasteiger charge is 2.39. The Morgan fingerprint density at radius 2 is 1.41 bits per heavy atom. The van der Waals surface area contributed by atoms with E-state index < -0.39 is 69.4 Å². The fraction of sp³-hybridized carbons (Fsp3) is 0.152. The summed E-state index contributed by atoms with van der Waals surface area (Å²) in [6, 6.07) is 9.70. The molecule has 0 spiro atoms. The van der Waals surface area contributed by atoms with Gasteiger partial charge in [-0.2, -0.15) is 22.0 Å². The molecule has 0 unspecified atom stereocenters. The summed E-state index contributed by atoms with van der Waals surface area (Å²) in [6.45, 7) is 1.86. The fourth-order valence-electron chi connectivity index (χ4n) is 4.20. The smallest absolute Gasteiger partial charge is 0.429 e. The molecule has 4 rings (SSSR count). The van der Waals surface area contributed by atoms with E-state index in [4.69, 9.17) is 0 Å². The van der Waals surface area contributed by atoms with Gasteiger partial charge >= 0.3 is 12.3 Å². The second-order valence-corrected chi connectivity index (χ2v) is 9.44. The lowest BCUT2D eigenvalue weighted by atomic mass is 9.99. The van der Waals surface area contributed by atoms with Crippen molar-refractivity contribution in [2.75, 3.05) is 0 Å². The van der Waals surface area contributed by atoms with Crippen LogP contribution in [0, 0.1) is 40.9 Å². The van der Waals surface area contributed by atoms with Gasteiger partial charge in [0.05, 0.1) is 11.1 Å². The van der Waals surface area contributed by atoms with Crippen LogP contribution < -0.4 is 4.74 Å². The Balaban J connectivity index is 1.51. The van der Waals surface area contributed by atoms with Crippen LogP contribution in [0.1, 0.15) is 41.2 Å². The predicted octanol–water partition coefficient (Wildman–Crippen LogP) is 10.1. The number of benzene rings is 4. The van der Waals surface area contributed by atoms with Gasteiger partial charge in [0.15, 0.2) is 0 Å². The van der Waals surface area contributed by atoms with Crippen molar-refractivity contribution in [1.82, 2.24) is 0 Å². The topological polar surface area (TPSA) is 9.23 Å². The van der Waals surface area contributed by atoms with Gasteiger partial charge in [-0.3, -0.25) is 0 Å². The maximum Gasteiger partial charge on any atom is 0.429 e. The third-order valence-corrected chi connectivity index (χ3v) is 6.32. The van der Waals surface area contributed by atoms with Gasteiger partial charge < -0.3 is 4.74 Å². The van der Waals surface area contributed by atoms with E-state index >= 15 is 0 Å². The largest absolute Gasteiger partial charge is 0.429 e. The van der Waals surface area contributed by atoms with E-state index in [1.165, 1.54) is 12.1 Å². The third kappa shape index (κ3) is 7.43. The van der Waals surface area contributed by atoms with Crippen molar-refractivity contribution in [3.8, 4) is 28.7 Å². The zero-order valence-corrected chi connectivity index (χ0v) is 22.6. The molecule has 0 aliphatic carbocycles. The molecule has 0 radical (unpaired) electrons. The van der Waals surface area contributed by atoms with Crippen molar-refractivity contribution >= 4 is 0 Å². The molecule has 0 aromatic heterocycles. The first-order valence-electron chi connectivity index (χ1n) is 12.8. The van der Waals surface area contributed by atoms with Crippen LogP contribution in [-0.4, -0.2) is 0 Å². The first kappa shape index (κ1) is 32.2. The predicted molar refractivity (Wildman–Crippen MR) is 143 cm³/mol. The molecule has 0 saturated carbocycles. The van der Waals surface area contributed by atoms with E-state index in [9.17, 15) is 43.9 Å². The van der Waals surface area contributed by atoms with Crippen LogP contribution in [0.15, 0.2) is 78.9 Å². The molecule has 1 nitrogen and oxygen atoms in total. The molecular weight excluding hydrogens is 602 g/mol. The molecule has 44 heavy (non-hydrogen) atoms. The van der Waals surface area contributed by atoms with Crippen LogP contribution in [0.25, 0.3) is 11.1 Å². The molecule has 0 fully saturated rings. The second kappa shape index (κ2) is 12.9. The molecule has 4 aromatic rings. The summed E-state index contributed by atoms with van der Waals surface area (Å²) in [7, 11) is 0. The summed E-state index contributed by atoms with van der Waals surface area (Å²) in [5.41, 5.74) is -3.63. The zero-order valence-electron chi connectivity index (χ0n) is 22.6. The van der Waals surface area contributed by atoms with Gasteiger partial charge in [0, 0.05) is 17.2 Å². The lowest BCUT2D eigenvalue weighted by molar-refractivity contribution is -0.187. The van der Waals surface area contributed by atoms with Crippen molar-refractivity contribution in [1.29, 1.82) is 0 Å². The summed E-state index contributed by atoms with van der Waals surface area (Å²) >= 11 is 0. The Morgan fingerprint density at radius 1 is 0.705 bits per heavy atom. The van der Waals surface area contributed by atoms with Gasteiger partial charge in [-0.1, -0.05) is 42.2 Å². The quantitative estimate of drug-likeness (QED) is 0.113. The van der Waals surface area contributed by atoms with Crippen molar-refractivity contribution in [2.45, 2.75) is 32.1 Å². The molecule has 0 N–H and O–H groups in total. The summed E-state index contributed by atoms with van der Waals surface area (Å²) in [5.74, 6) is -3.66. The SMILES string of the molecule is C/C=C/CCc1ccc(-c2ccc(C(F)(F)Oc3ccc(C#Cc4cc(F)c(C(F)(F)F)c(F)c4)c(F)c3)c(F)c2)c(F)c1. The molecule has 11 heteroatoms. The average Bonchev–Trinajstić information content (AvgIpc) is 2.91. The Bertz CT molecular complexity index is 1760. The van der Waals surface area contributed by atoms with E-state index in [1.54, 1.807) is 6.07 Å². The number of allylic oxidation sites excluding steroid dienone is 2. The van der Waals surface area contributed by atoms with Crippen LogP contribution in [0.3, 0.4) is 0 Å². The number of ether oxygens (including phenoxy) is 1. The first-order chi connectivity index (χ1) is 20.7. The van der Waals surface area contributed by atoms with E-state index in [-0.39, 0.29) is 11.1 Å². The molecule has 4 aromatic carbocycles. The fourth-order valence-corrected chi connectivity index (χ4v) is 4.20. The van der Waals surface area contributed by atoms with E-state index in [1.807, 2.05) is 19.1 Å². The number of aryl methyl sites for hydroxylation is 1. The van der Waals surface area contributed by atoms with Gasteiger partial charge in [0.1, 0.15) is 40.4 Å². The van der Waals surface area contributed by atoms with Gasteiger partial charge in [-0.25, -0.2) is 22.0 Å². The van der Waals surface area contributed by atoms with Crippen LogP contribution >= 0.6 is 0 Å². The molecule has 0 bridgehead atoms. The summed E-state index contributed by atoms with van der Waals surface area (Å²) in [4.78, 5) is 0. The second-order valence-electron chi connectivity index (χ2n) is 9.44. The van der Waals surface area contributed by atoms with Crippen molar-refractivity contribution in [3.63, 3.8) is 0 Å². The minimum Gasteiger partial charge on any atom is -0.429 e. The lowest BCUT2D eigenvalue weighted by Crippen LogP contribution is -2.23. The molecule has 0 heterocycles. The number of rotatable bonds is 7. The molecule has 0 saturated heterocycles. The Hall–Kier alpha value is -4.72. The van der Waals surface area contributed by atoms with Crippen molar-refractivity contribution in [2.24, 2.45) is 0 Å². The maximum atomic E-state index is 14.9. The lowest BCUT2D eigenvalue weighted by Gasteiger charge is -2.19. The van der Waals surface area contributed by atoms with E-state index in [2.05, 4.69) is 16.6 Å². The highest BCUT2D eigenvalue weighted by atomic mass is 19.4. The monoisotopic (exact) mass is 622 g/mol. The highest BCUT2D eigenvalue weighted by Crippen LogP contribution is 2.36. The van der Waals surface area contributed by atoms with Crippen molar-refractivity contribution < 1.29 is 48.6 Å². The number of hydrogen-bond acceptors (Lipinski definition) is 1. The van der Waals surface area contributed by atoms with Gasteiger partial charge in [-0.05, 0) is 73.4 Å². The van der Waals surface area contributed by atoms with Crippen LogP contribution in [0.5, 0.6) is 5.75 Å². The summed E-state index contributed by atoms with van der Waals surface area (Å²) in [6.07, 6.45) is -4.54. The molecule has 0 amide bonds. The first-order valence-corrected chi connectivity index (χ1v) is 12.8. The standard InChI is InChI=1S/C33H20F10O/c1-2-3-4-5-19-7-12-24(27(35)14-19)22-10-13-25(28(36)17-22)33(42,43)44-23-11-9-21(26(34)18-23)8-6-20-15-29(37)31(30(38)16-20)32(39,40)41/h2-3,7,9-18H,4-5H2,1H3/b3-2+. The van der Waals surface area contributed by atoms with Crippen LogP contribution in [0.2, 0.25) is 0 Å². The number of halogens is 10. The molecule has 228 valence electrons. The highest BCUT2D eigenvalue weighted by molar-refractivity contribution is 5.65. The minimum atomic E-state index is -5.29. The van der Waals surface area contributed by atoms with E-state index in [0.717, 1.165) is 24.3 Å². The Labute approximate surface area is 245 Å². The molecule has 0 atom stereocenters. The average molecular weight is 623 g/mol. The Kier molecular flexibility index (Phi) is 9.42. The summed E-state index contributed by atoms with van der Waals surface area (Å²) in [5, 5.41) is 0. The zero-order chi connectivity index (χ0) is 32.2. The van der Waals surface area contributed by atoms with Gasteiger partial charge in [0.25, 0.3) is 0 Å². The Morgan fingerprint density at radius 3 is 2.00 bits per heavy atom. The maximum absolute atomic E-state index is 14.9. The van der Waals surface area contributed by atoms with Gasteiger partial charge in [0.2, 0.25) is 0 Å². The number of hydrogen-bond donors (Lipinski definition) is 0. The van der Waals surface area contributed by atoms with Gasteiger partial charge in [-0.15, -0.1) is 0 Å². The van der Waals surface area contributed by atoms with E-state index in [0.29, 0.717) is 42.7 Å². The van der Waals surface area contributed by atoms with Crippen molar-refractivity contribution in [3.05, 3.63) is 136 Å². The molecule has 0 aliphatic heterocycles. The van der Waals surface area contributed by atoms with Crippen LogP contribution in [-0.2, 0) is 18.7 Å². The summed E-state index contributed by atoms with van der Waals surface area (Å²) < 4.78 is 144. The third-order valence-electron chi connectivity index (χ3n) is 6.32. The minimum absolute atomic E-state index is 0.00124.